The number of aromatic nitrogens is 1. The van der Waals surface area contributed by atoms with Crippen LogP contribution >= 0.6 is 0 Å². The van der Waals surface area contributed by atoms with Gasteiger partial charge >= 0.3 is 0 Å². The van der Waals surface area contributed by atoms with E-state index < -0.39 is 0 Å². The Morgan fingerprint density at radius 2 is 1.78 bits per heavy atom. The molecule has 3 heterocycles. The van der Waals surface area contributed by atoms with Crippen LogP contribution in [0.2, 0.25) is 0 Å². The molecule has 6 nitrogen and oxygen atoms in total. The molecule has 0 aliphatic carbocycles. The van der Waals surface area contributed by atoms with E-state index in [0.29, 0.717) is 0 Å². The van der Waals surface area contributed by atoms with E-state index in [9.17, 15) is 4.79 Å². The van der Waals surface area contributed by atoms with Crippen molar-refractivity contribution in [3.05, 3.63) is 53.9 Å². The number of fused-ring (bicyclic) bond motifs is 1. The number of ether oxygens (including phenoxy) is 1. The molecule has 1 fully saturated rings. The van der Waals surface area contributed by atoms with Gasteiger partial charge in [-0.15, -0.1) is 0 Å². The van der Waals surface area contributed by atoms with Gasteiger partial charge in [-0.1, -0.05) is 25.3 Å². The third-order valence-electron chi connectivity index (χ3n) is 6.49. The van der Waals surface area contributed by atoms with Gasteiger partial charge in [0.2, 0.25) is 5.91 Å². The first-order valence-electron chi connectivity index (χ1n) is 12.1. The van der Waals surface area contributed by atoms with E-state index in [-0.39, 0.29) is 5.91 Å². The summed E-state index contributed by atoms with van der Waals surface area (Å²) in [7, 11) is 0. The molecule has 0 saturated carbocycles. The van der Waals surface area contributed by atoms with Crippen molar-refractivity contribution in [2.75, 3.05) is 49.2 Å². The predicted octanol–water partition coefficient (Wildman–Crippen LogP) is 4.24. The Bertz CT molecular complexity index is 867. The van der Waals surface area contributed by atoms with Crippen molar-refractivity contribution in [1.29, 1.82) is 0 Å². The van der Waals surface area contributed by atoms with E-state index >= 15 is 0 Å². The highest BCUT2D eigenvalue weighted by Gasteiger charge is 2.20. The molecule has 4 rings (SSSR count). The summed E-state index contributed by atoms with van der Waals surface area (Å²) in [6.07, 6.45) is 9.70. The minimum Gasteiger partial charge on any atom is -0.378 e. The number of pyridine rings is 1. The fraction of sp³-hybridized carbons (Fsp3) is 0.538. The Morgan fingerprint density at radius 1 is 1.00 bits per heavy atom. The highest BCUT2D eigenvalue weighted by Crippen LogP contribution is 2.30. The molecule has 0 unspecified atom stereocenters. The maximum Gasteiger partial charge on any atom is 0.223 e. The Hall–Kier alpha value is -2.44. The Labute approximate surface area is 192 Å². The minimum atomic E-state index is 0.126. The Kier molecular flexibility index (Phi) is 8.13. The molecular weight excluding hydrogens is 400 g/mol. The molecule has 2 aliphatic rings. The first-order chi connectivity index (χ1) is 15.7. The molecular formula is C26H36N4O2. The molecule has 172 valence electrons. The third kappa shape index (κ3) is 6.08. The second kappa shape index (κ2) is 11.4. The second-order valence-electron chi connectivity index (χ2n) is 8.92. The minimum absolute atomic E-state index is 0.126. The van der Waals surface area contributed by atoms with Crippen molar-refractivity contribution < 1.29 is 9.53 Å². The van der Waals surface area contributed by atoms with E-state index in [0.717, 1.165) is 64.6 Å². The molecule has 0 atom stereocenters. The standard InChI is InChI=1S/C26H36N4O2/c1-22(31)30-13-6-4-2-3-5-12-28(20-23-8-7-11-27-19-23)21-24-18-25(9-10-26(24)30)29-14-16-32-17-15-29/h7-11,18-19H,2-6,12-17,20-21H2,1H3. The van der Waals surface area contributed by atoms with Gasteiger partial charge in [0.05, 0.1) is 13.2 Å². The number of rotatable bonds is 3. The van der Waals surface area contributed by atoms with Crippen LogP contribution in [0.5, 0.6) is 0 Å². The highest BCUT2D eigenvalue weighted by atomic mass is 16.5. The van der Waals surface area contributed by atoms with E-state index in [1.54, 1.807) is 6.92 Å². The zero-order chi connectivity index (χ0) is 22.2. The van der Waals surface area contributed by atoms with Gasteiger partial charge in [0.15, 0.2) is 0 Å². The predicted molar refractivity (Wildman–Crippen MR) is 129 cm³/mol. The van der Waals surface area contributed by atoms with Crippen LogP contribution in [0.3, 0.4) is 0 Å². The molecule has 0 N–H and O–H groups in total. The molecule has 2 aromatic rings. The van der Waals surface area contributed by atoms with Crippen molar-refractivity contribution in [1.82, 2.24) is 9.88 Å². The monoisotopic (exact) mass is 436 g/mol. The number of hydrogen-bond acceptors (Lipinski definition) is 5. The summed E-state index contributed by atoms with van der Waals surface area (Å²) < 4.78 is 5.55. The maximum absolute atomic E-state index is 12.6. The van der Waals surface area contributed by atoms with Gasteiger partial charge in [-0.2, -0.15) is 0 Å². The molecule has 0 bridgehead atoms. The number of benzene rings is 1. The van der Waals surface area contributed by atoms with Crippen LogP contribution in [0.25, 0.3) is 0 Å². The fourth-order valence-corrected chi connectivity index (χ4v) is 4.77. The average Bonchev–Trinajstić information content (AvgIpc) is 2.81. The van der Waals surface area contributed by atoms with Crippen LogP contribution in [0.15, 0.2) is 42.7 Å². The van der Waals surface area contributed by atoms with Gasteiger partial charge in [-0.25, -0.2) is 0 Å². The number of carbonyl (C=O) groups is 1. The molecule has 32 heavy (non-hydrogen) atoms. The van der Waals surface area contributed by atoms with Crippen molar-refractivity contribution in [2.45, 2.75) is 52.1 Å². The lowest BCUT2D eigenvalue weighted by molar-refractivity contribution is -0.116. The van der Waals surface area contributed by atoms with E-state index in [4.69, 9.17) is 4.74 Å². The van der Waals surface area contributed by atoms with Gasteiger partial charge in [-0.3, -0.25) is 14.7 Å². The number of carbonyl (C=O) groups excluding carboxylic acids is 1. The molecule has 6 heteroatoms. The van der Waals surface area contributed by atoms with Crippen LogP contribution in [0.4, 0.5) is 11.4 Å². The van der Waals surface area contributed by atoms with Crippen molar-refractivity contribution in [3.63, 3.8) is 0 Å². The summed E-state index contributed by atoms with van der Waals surface area (Å²) in [5, 5.41) is 0. The average molecular weight is 437 g/mol. The van der Waals surface area contributed by atoms with E-state index in [2.05, 4.69) is 39.0 Å². The summed E-state index contributed by atoms with van der Waals surface area (Å²) >= 11 is 0. The molecule has 2 aliphatic heterocycles. The molecule has 0 radical (unpaired) electrons. The largest absolute Gasteiger partial charge is 0.378 e. The van der Waals surface area contributed by atoms with Crippen molar-refractivity contribution in [2.24, 2.45) is 0 Å². The van der Waals surface area contributed by atoms with Gasteiger partial charge in [0, 0.05) is 63.4 Å². The summed E-state index contributed by atoms with van der Waals surface area (Å²) in [6.45, 7) is 8.59. The van der Waals surface area contributed by atoms with Crippen LogP contribution in [0, 0.1) is 0 Å². The van der Waals surface area contributed by atoms with Crippen molar-refractivity contribution in [3.8, 4) is 0 Å². The zero-order valence-corrected chi connectivity index (χ0v) is 19.3. The van der Waals surface area contributed by atoms with Gasteiger partial charge < -0.3 is 14.5 Å². The van der Waals surface area contributed by atoms with Gasteiger partial charge in [-0.05, 0) is 54.8 Å². The normalized spacial score (nSPS) is 19.0. The molecule has 0 spiro atoms. The molecule has 1 amide bonds. The second-order valence-corrected chi connectivity index (χ2v) is 8.92. The first kappa shape index (κ1) is 22.7. The lowest BCUT2D eigenvalue weighted by Gasteiger charge is -2.32. The number of amides is 1. The zero-order valence-electron chi connectivity index (χ0n) is 19.3. The Morgan fingerprint density at radius 3 is 2.53 bits per heavy atom. The van der Waals surface area contributed by atoms with Crippen LogP contribution in [-0.4, -0.2) is 55.2 Å². The van der Waals surface area contributed by atoms with Crippen LogP contribution in [-0.2, 0) is 22.6 Å². The first-order valence-corrected chi connectivity index (χ1v) is 12.1. The summed E-state index contributed by atoms with van der Waals surface area (Å²) in [5.74, 6) is 0.126. The summed E-state index contributed by atoms with van der Waals surface area (Å²) in [6, 6.07) is 10.8. The highest BCUT2D eigenvalue weighted by molar-refractivity contribution is 5.92. The Balaban J connectivity index is 1.67. The molecule has 1 saturated heterocycles. The number of morpholine rings is 1. The number of hydrogen-bond donors (Lipinski definition) is 0. The van der Waals surface area contributed by atoms with Gasteiger partial charge in [0.25, 0.3) is 0 Å². The van der Waals surface area contributed by atoms with Gasteiger partial charge in [0.1, 0.15) is 0 Å². The van der Waals surface area contributed by atoms with Crippen LogP contribution < -0.4 is 9.80 Å². The van der Waals surface area contributed by atoms with Crippen LogP contribution in [0.1, 0.15) is 50.2 Å². The third-order valence-corrected chi connectivity index (χ3v) is 6.49. The SMILES string of the molecule is CC(=O)N1CCCCCCCN(Cc2cccnc2)Cc2cc(N3CCOCC3)ccc21. The number of nitrogens with zero attached hydrogens (tertiary/aromatic N) is 4. The fourth-order valence-electron chi connectivity index (χ4n) is 4.77. The van der Waals surface area contributed by atoms with Crippen molar-refractivity contribution >= 4 is 17.3 Å². The quantitative estimate of drug-likeness (QED) is 0.720. The summed E-state index contributed by atoms with van der Waals surface area (Å²) in [5.41, 5.74) is 4.75. The topological polar surface area (TPSA) is 48.9 Å². The van der Waals surface area contributed by atoms with E-state index in [1.165, 1.54) is 42.5 Å². The lowest BCUT2D eigenvalue weighted by atomic mass is 10.1. The maximum atomic E-state index is 12.6. The lowest BCUT2D eigenvalue weighted by Crippen LogP contribution is -2.36. The molecule has 1 aromatic heterocycles. The molecule has 1 aromatic carbocycles. The summed E-state index contributed by atoms with van der Waals surface area (Å²) in [4.78, 5) is 23.8. The van der Waals surface area contributed by atoms with E-state index in [1.807, 2.05) is 23.4 Å². The number of anilines is 2. The smallest absolute Gasteiger partial charge is 0.223 e.